The molecule has 2 rings (SSSR count). The monoisotopic (exact) mass is 329 g/mol. The predicted octanol–water partition coefficient (Wildman–Crippen LogP) is 2.76. The van der Waals surface area contributed by atoms with Gasteiger partial charge in [-0.3, -0.25) is 4.79 Å². The summed E-state index contributed by atoms with van der Waals surface area (Å²) in [5, 5.41) is 12.4. The molecular weight excluding hydrogens is 310 g/mol. The van der Waals surface area contributed by atoms with Crippen LogP contribution < -0.4 is 10.1 Å². The van der Waals surface area contributed by atoms with Gasteiger partial charge in [0, 0.05) is 11.8 Å². The highest BCUT2D eigenvalue weighted by atomic mass is 16.5. The Morgan fingerprint density at radius 1 is 1.17 bits per heavy atom. The van der Waals surface area contributed by atoms with Crippen molar-refractivity contribution in [1.29, 1.82) is 0 Å². The largest absolute Gasteiger partial charge is 0.507 e. The predicted molar refractivity (Wildman–Crippen MR) is 89.4 cm³/mol. The lowest BCUT2D eigenvalue weighted by atomic mass is 10.1. The Labute approximate surface area is 140 Å². The molecule has 24 heavy (non-hydrogen) atoms. The van der Waals surface area contributed by atoms with E-state index in [0.29, 0.717) is 11.4 Å². The van der Waals surface area contributed by atoms with E-state index in [0.717, 1.165) is 12.0 Å². The zero-order chi connectivity index (χ0) is 17.5. The molecule has 1 amide bonds. The number of phenols is 1. The third-order valence-electron chi connectivity index (χ3n) is 3.38. The summed E-state index contributed by atoms with van der Waals surface area (Å²) in [6.45, 7) is 1.57. The summed E-state index contributed by atoms with van der Waals surface area (Å²) < 4.78 is 9.86. The second kappa shape index (κ2) is 8.01. The van der Waals surface area contributed by atoms with Gasteiger partial charge in [-0.15, -0.1) is 0 Å². The Kier molecular flexibility index (Phi) is 5.78. The van der Waals surface area contributed by atoms with Gasteiger partial charge in [-0.2, -0.15) is 0 Å². The molecule has 0 unspecified atom stereocenters. The maximum Gasteiger partial charge on any atom is 0.342 e. The van der Waals surface area contributed by atoms with Gasteiger partial charge in [0.25, 0.3) is 5.91 Å². The lowest BCUT2D eigenvalue weighted by Crippen LogP contribution is -2.21. The van der Waals surface area contributed by atoms with E-state index < -0.39 is 18.5 Å². The van der Waals surface area contributed by atoms with Crippen LogP contribution in [-0.2, 0) is 16.0 Å². The van der Waals surface area contributed by atoms with Crippen LogP contribution in [0, 0.1) is 0 Å². The Hall–Kier alpha value is -3.02. The third kappa shape index (κ3) is 4.49. The fraction of sp³-hybridized carbons (Fsp3) is 0.222. The number of rotatable bonds is 6. The average molecular weight is 329 g/mol. The van der Waals surface area contributed by atoms with Crippen LogP contribution in [0.1, 0.15) is 22.8 Å². The van der Waals surface area contributed by atoms with E-state index in [2.05, 4.69) is 5.32 Å². The SMILES string of the molecule is CCc1cccc(NC(=O)COC(=O)c2ccc(OC)cc2O)c1. The number of methoxy groups -OCH3 is 1. The van der Waals surface area contributed by atoms with Crippen LogP contribution in [0.25, 0.3) is 0 Å². The van der Waals surface area contributed by atoms with Gasteiger partial charge in [-0.05, 0) is 36.2 Å². The molecule has 0 saturated heterocycles. The standard InChI is InChI=1S/C18H19NO5/c1-3-12-5-4-6-13(9-12)19-17(21)11-24-18(22)15-8-7-14(23-2)10-16(15)20/h4-10,20H,3,11H2,1-2H3,(H,19,21). The fourth-order valence-electron chi connectivity index (χ4n) is 2.09. The van der Waals surface area contributed by atoms with Crippen LogP contribution in [0.4, 0.5) is 5.69 Å². The van der Waals surface area contributed by atoms with Gasteiger partial charge in [0.15, 0.2) is 6.61 Å². The van der Waals surface area contributed by atoms with Crippen molar-refractivity contribution in [2.45, 2.75) is 13.3 Å². The van der Waals surface area contributed by atoms with E-state index in [1.54, 1.807) is 6.07 Å². The molecule has 0 heterocycles. The van der Waals surface area contributed by atoms with E-state index in [1.807, 2.05) is 25.1 Å². The number of carbonyl (C=O) groups is 2. The molecule has 0 bridgehead atoms. The lowest BCUT2D eigenvalue weighted by Gasteiger charge is -2.09. The summed E-state index contributed by atoms with van der Waals surface area (Å²) in [5.74, 6) is -1.09. The molecule has 0 radical (unpaired) electrons. The van der Waals surface area contributed by atoms with Gasteiger partial charge < -0.3 is 19.9 Å². The normalized spacial score (nSPS) is 10.1. The number of esters is 1. The molecule has 126 valence electrons. The molecule has 2 aromatic carbocycles. The van der Waals surface area contributed by atoms with Crippen LogP contribution in [-0.4, -0.2) is 30.7 Å². The smallest absolute Gasteiger partial charge is 0.342 e. The van der Waals surface area contributed by atoms with Crippen molar-refractivity contribution in [3.63, 3.8) is 0 Å². The highest BCUT2D eigenvalue weighted by Gasteiger charge is 2.15. The summed E-state index contributed by atoms with van der Waals surface area (Å²) in [6.07, 6.45) is 0.857. The number of phenolic OH excluding ortho intramolecular Hbond substituents is 1. The molecule has 6 nitrogen and oxygen atoms in total. The van der Waals surface area contributed by atoms with Gasteiger partial charge in [-0.1, -0.05) is 19.1 Å². The molecule has 0 aliphatic carbocycles. The number of aromatic hydroxyl groups is 1. The van der Waals surface area contributed by atoms with E-state index >= 15 is 0 Å². The number of hydrogen-bond acceptors (Lipinski definition) is 5. The minimum Gasteiger partial charge on any atom is -0.507 e. The van der Waals surface area contributed by atoms with Gasteiger partial charge in [0.1, 0.15) is 17.1 Å². The first-order chi connectivity index (χ1) is 11.5. The molecule has 0 saturated carbocycles. The Morgan fingerprint density at radius 3 is 2.62 bits per heavy atom. The van der Waals surface area contributed by atoms with Crippen molar-refractivity contribution in [2.75, 3.05) is 19.0 Å². The van der Waals surface area contributed by atoms with Gasteiger partial charge in [0.2, 0.25) is 0 Å². The Morgan fingerprint density at radius 2 is 1.96 bits per heavy atom. The Balaban J connectivity index is 1.92. The van der Waals surface area contributed by atoms with Crippen molar-refractivity contribution in [3.8, 4) is 11.5 Å². The molecule has 0 spiro atoms. The van der Waals surface area contributed by atoms with Crippen molar-refractivity contribution in [1.82, 2.24) is 0 Å². The molecular formula is C18H19NO5. The highest BCUT2D eigenvalue weighted by Crippen LogP contribution is 2.23. The number of hydrogen-bond donors (Lipinski definition) is 2. The third-order valence-corrected chi connectivity index (χ3v) is 3.38. The molecule has 0 atom stereocenters. The van der Waals surface area contributed by atoms with Gasteiger partial charge in [-0.25, -0.2) is 4.79 Å². The molecule has 0 aliphatic rings. The molecule has 0 fully saturated rings. The van der Waals surface area contributed by atoms with Crippen LogP contribution in [0.5, 0.6) is 11.5 Å². The number of ether oxygens (including phenoxy) is 2. The second-order valence-electron chi connectivity index (χ2n) is 5.06. The van der Waals surface area contributed by atoms with E-state index in [9.17, 15) is 14.7 Å². The van der Waals surface area contributed by atoms with Gasteiger partial charge in [0.05, 0.1) is 7.11 Å². The zero-order valence-corrected chi connectivity index (χ0v) is 13.5. The van der Waals surface area contributed by atoms with Crippen molar-refractivity contribution in [2.24, 2.45) is 0 Å². The average Bonchev–Trinajstić information content (AvgIpc) is 2.59. The summed E-state index contributed by atoms with van der Waals surface area (Å²) in [7, 11) is 1.45. The quantitative estimate of drug-likeness (QED) is 0.796. The first-order valence-electron chi connectivity index (χ1n) is 7.46. The van der Waals surface area contributed by atoms with Gasteiger partial charge >= 0.3 is 5.97 Å². The zero-order valence-electron chi connectivity index (χ0n) is 13.5. The number of carbonyl (C=O) groups excluding carboxylic acids is 2. The van der Waals surface area contributed by atoms with Crippen LogP contribution in [0.3, 0.4) is 0 Å². The number of benzene rings is 2. The second-order valence-corrected chi connectivity index (χ2v) is 5.06. The van der Waals surface area contributed by atoms with Crippen LogP contribution in [0.15, 0.2) is 42.5 Å². The maximum absolute atomic E-state index is 11.9. The number of nitrogens with one attached hydrogen (secondary N) is 1. The summed E-state index contributed by atoms with van der Waals surface area (Å²) in [4.78, 5) is 23.8. The molecule has 2 aromatic rings. The molecule has 0 aromatic heterocycles. The lowest BCUT2D eigenvalue weighted by molar-refractivity contribution is -0.119. The minimum absolute atomic E-state index is 0.0309. The van der Waals surface area contributed by atoms with Crippen LogP contribution in [0.2, 0.25) is 0 Å². The van der Waals surface area contributed by atoms with Crippen molar-refractivity contribution >= 4 is 17.6 Å². The first-order valence-corrected chi connectivity index (χ1v) is 7.46. The van der Waals surface area contributed by atoms with E-state index in [-0.39, 0.29) is 11.3 Å². The molecule has 0 aliphatic heterocycles. The van der Waals surface area contributed by atoms with E-state index in [4.69, 9.17) is 9.47 Å². The van der Waals surface area contributed by atoms with Crippen molar-refractivity contribution < 1.29 is 24.2 Å². The molecule has 2 N–H and O–H groups in total. The van der Waals surface area contributed by atoms with Crippen molar-refractivity contribution in [3.05, 3.63) is 53.6 Å². The maximum atomic E-state index is 11.9. The van der Waals surface area contributed by atoms with E-state index in [1.165, 1.54) is 25.3 Å². The Bertz CT molecular complexity index is 742. The topological polar surface area (TPSA) is 84.9 Å². The number of anilines is 1. The minimum atomic E-state index is -0.785. The fourth-order valence-corrected chi connectivity index (χ4v) is 2.09. The summed E-state index contributed by atoms with van der Waals surface area (Å²) in [6, 6.07) is 11.6. The first kappa shape index (κ1) is 17.3. The molecule has 6 heteroatoms. The van der Waals surface area contributed by atoms with Crippen LogP contribution >= 0.6 is 0 Å². The summed E-state index contributed by atoms with van der Waals surface area (Å²) in [5.41, 5.74) is 1.70. The summed E-state index contributed by atoms with van der Waals surface area (Å²) >= 11 is 0. The number of aryl methyl sites for hydroxylation is 1. The highest BCUT2D eigenvalue weighted by molar-refractivity contribution is 5.96. The number of amides is 1.